The molecule has 0 aliphatic heterocycles. The molecule has 0 spiro atoms. The largest absolute Gasteiger partial charge is 0.508 e. The van der Waals surface area contributed by atoms with Gasteiger partial charge in [-0.05, 0) is 23.7 Å². The highest BCUT2D eigenvalue weighted by atomic mass is 35.5. The van der Waals surface area contributed by atoms with E-state index in [1.165, 1.54) is 6.07 Å². The van der Waals surface area contributed by atoms with E-state index in [1.54, 1.807) is 12.1 Å². The van der Waals surface area contributed by atoms with Crippen LogP contribution in [0.15, 0.2) is 23.3 Å². The zero-order valence-electron chi connectivity index (χ0n) is 6.11. The van der Waals surface area contributed by atoms with Crippen molar-refractivity contribution in [2.24, 2.45) is 5.11 Å². The number of phenols is 1. The fourth-order valence-electron chi connectivity index (χ4n) is 0.789. The summed E-state index contributed by atoms with van der Waals surface area (Å²) in [6.45, 7) is 0.114. The fraction of sp³-hybridized carbons (Fsp3) is 0.143. The van der Waals surface area contributed by atoms with E-state index < -0.39 is 0 Å². The molecule has 4 nitrogen and oxygen atoms in total. The zero-order chi connectivity index (χ0) is 8.97. The minimum absolute atomic E-state index is 0.0896. The Balaban J connectivity index is 2.96. The second kappa shape index (κ2) is 3.85. The van der Waals surface area contributed by atoms with Crippen molar-refractivity contribution in [3.05, 3.63) is 39.2 Å². The van der Waals surface area contributed by atoms with Gasteiger partial charge in [-0.3, -0.25) is 0 Å². The van der Waals surface area contributed by atoms with Crippen molar-refractivity contribution in [1.29, 1.82) is 0 Å². The van der Waals surface area contributed by atoms with Gasteiger partial charge >= 0.3 is 0 Å². The molecular weight excluding hydrogens is 178 g/mol. The Morgan fingerprint density at radius 1 is 1.58 bits per heavy atom. The molecule has 0 heterocycles. The normalized spacial score (nSPS) is 9.08. The van der Waals surface area contributed by atoms with Crippen LogP contribution in [0.5, 0.6) is 5.75 Å². The van der Waals surface area contributed by atoms with Crippen molar-refractivity contribution in [3.8, 4) is 5.75 Å². The molecule has 0 bridgehead atoms. The van der Waals surface area contributed by atoms with Crippen LogP contribution >= 0.6 is 11.6 Å². The van der Waals surface area contributed by atoms with Gasteiger partial charge in [0.2, 0.25) is 0 Å². The van der Waals surface area contributed by atoms with Crippen molar-refractivity contribution >= 4 is 11.6 Å². The van der Waals surface area contributed by atoms with Gasteiger partial charge in [0.25, 0.3) is 0 Å². The molecule has 0 unspecified atom stereocenters. The third-order valence-electron chi connectivity index (χ3n) is 1.35. The van der Waals surface area contributed by atoms with Crippen LogP contribution in [0.2, 0.25) is 5.02 Å². The lowest BCUT2D eigenvalue weighted by molar-refractivity contribution is 0.468. The quantitative estimate of drug-likeness (QED) is 0.428. The first-order valence-electron chi connectivity index (χ1n) is 3.22. The van der Waals surface area contributed by atoms with Gasteiger partial charge in [0.1, 0.15) is 5.75 Å². The summed E-state index contributed by atoms with van der Waals surface area (Å²) in [5.74, 6) is 0.0896. The van der Waals surface area contributed by atoms with Crippen molar-refractivity contribution in [3.63, 3.8) is 0 Å². The fourth-order valence-corrected chi connectivity index (χ4v) is 0.983. The van der Waals surface area contributed by atoms with E-state index in [9.17, 15) is 5.11 Å². The Morgan fingerprint density at radius 2 is 2.33 bits per heavy atom. The van der Waals surface area contributed by atoms with E-state index in [1.807, 2.05) is 0 Å². The number of halogens is 1. The molecule has 1 aromatic rings. The predicted octanol–water partition coefficient (Wildman–Crippen LogP) is 2.86. The molecule has 0 aromatic heterocycles. The number of hydrogen-bond donors (Lipinski definition) is 1. The van der Waals surface area contributed by atoms with Crippen LogP contribution in [0.4, 0.5) is 0 Å². The van der Waals surface area contributed by atoms with Crippen molar-refractivity contribution in [2.45, 2.75) is 6.54 Å². The highest BCUT2D eigenvalue weighted by molar-refractivity contribution is 6.30. The maximum atomic E-state index is 9.22. The van der Waals surface area contributed by atoms with Gasteiger partial charge < -0.3 is 5.11 Å². The number of aromatic hydroxyl groups is 1. The average molecular weight is 184 g/mol. The lowest BCUT2D eigenvalue weighted by atomic mass is 10.2. The van der Waals surface area contributed by atoms with Crippen LogP contribution in [0.1, 0.15) is 5.56 Å². The van der Waals surface area contributed by atoms with Gasteiger partial charge in [0, 0.05) is 15.5 Å². The molecule has 0 saturated heterocycles. The predicted molar refractivity (Wildman–Crippen MR) is 46.0 cm³/mol. The average Bonchev–Trinajstić information content (AvgIpc) is 2.07. The van der Waals surface area contributed by atoms with Crippen LogP contribution in [0.3, 0.4) is 0 Å². The first kappa shape index (κ1) is 8.71. The van der Waals surface area contributed by atoms with Crippen molar-refractivity contribution in [1.82, 2.24) is 0 Å². The minimum atomic E-state index is 0.0896. The lowest BCUT2D eigenvalue weighted by Crippen LogP contribution is -1.80. The van der Waals surface area contributed by atoms with Gasteiger partial charge in [0.15, 0.2) is 0 Å². The molecular formula is C7H6ClN3O. The van der Waals surface area contributed by atoms with E-state index in [2.05, 4.69) is 10.0 Å². The molecule has 1 N–H and O–H groups in total. The Hall–Kier alpha value is -1.38. The van der Waals surface area contributed by atoms with Crippen molar-refractivity contribution < 1.29 is 5.11 Å². The topological polar surface area (TPSA) is 69.0 Å². The summed E-state index contributed by atoms with van der Waals surface area (Å²) < 4.78 is 0. The molecule has 62 valence electrons. The Labute approximate surface area is 74.0 Å². The number of rotatable bonds is 2. The van der Waals surface area contributed by atoms with E-state index >= 15 is 0 Å². The summed E-state index contributed by atoms with van der Waals surface area (Å²) in [6.07, 6.45) is 0. The van der Waals surface area contributed by atoms with Crippen LogP contribution < -0.4 is 0 Å². The second-order valence-corrected chi connectivity index (χ2v) is 2.60. The Bertz CT molecular complexity index is 333. The molecule has 0 fully saturated rings. The maximum absolute atomic E-state index is 9.22. The van der Waals surface area contributed by atoms with Crippen LogP contribution in [-0.2, 0) is 6.54 Å². The second-order valence-electron chi connectivity index (χ2n) is 2.16. The highest BCUT2D eigenvalue weighted by Gasteiger charge is 1.99. The molecule has 0 aliphatic carbocycles. The summed E-state index contributed by atoms with van der Waals surface area (Å²) in [5.41, 5.74) is 8.56. The summed E-state index contributed by atoms with van der Waals surface area (Å²) in [4.78, 5) is 2.57. The summed E-state index contributed by atoms with van der Waals surface area (Å²) in [5, 5.41) is 13.0. The van der Waals surface area contributed by atoms with Gasteiger partial charge in [0.05, 0.1) is 6.54 Å². The standard InChI is InChI=1S/C7H6ClN3O/c8-6-1-2-7(12)5(3-6)4-10-11-9/h1-3,12H,4H2. The van der Waals surface area contributed by atoms with Crippen LogP contribution in [-0.4, -0.2) is 5.11 Å². The van der Waals surface area contributed by atoms with E-state index in [0.717, 1.165) is 0 Å². The van der Waals surface area contributed by atoms with E-state index in [4.69, 9.17) is 17.1 Å². The summed E-state index contributed by atoms with van der Waals surface area (Å²) in [7, 11) is 0. The molecule has 0 amide bonds. The van der Waals surface area contributed by atoms with Gasteiger partial charge in [-0.1, -0.05) is 16.7 Å². The van der Waals surface area contributed by atoms with Gasteiger partial charge in [-0.2, -0.15) is 0 Å². The van der Waals surface area contributed by atoms with Gasteiger partial charge in [-0.15, -0.1) is 0 Å². The van der Waals surface area contributed by atoms with Crippen molar-refractivity contribution in [2.75, 3.05) is 0 Å². The Kier molecular flexibility index (Phi) is 2.80. The zero-order valence-corrected chi connectivity index (χ0v) is 6.86. The Morgan fingerprint density at radius 3 is 3.00 bits per heavy atom. The summed E-state index contributed by atoms with van der Waals surface area (Å²) >= 11 is 5.65. The van der Waals surface area contributed by atoms with Crippen LogP contribution in [0, 0.1) is 0 Å². The highest BCUT2D eigenvalue weighted by Crippen LogP contribution is 2.21. The molecule has 1 aromatic carbocycles. The first-order chi connectivity index (χ1) is 5.74. The molecule has 0 aliphatic rings. The number of nitrogens with zero attached hydrogens (tertiary/aromatic N) is 3. The molecule has 1 rings (SSSR count). The third kappa shape index (κ3) is 2.05. The molecule has 5 heteroatoms. The maximum Gasteiger partial charge on any atom is 0.118 e. The number of phenolic OH excluding ortho intramolecular Hbond substituents is 1. The number of benzene rings is 1. The lowest BCUT2D eigenvalue weighted by Gasteiger charge is -1.99. The summed E-state index contributed by atoms with van der Waals surface area (Å²) in [6, 6.07) is 4.59. The molecule has 0 atom stereocenters. The smallest absolute Gasteiger partial charge is 0.118 e. The van der Waals surface area contributed by atoms with E-state index in [0.29, 0.717) is 10.6 Å². The first-order valence-corrected chi connectivity index (χ1v) is 3.60. The van der Waals surface area contributed by atoms with E-state index in [-0.39, 0.29) is 12.3 Å². The minimum Gasteiger partial charge on any atom is -0.508 e. The number of azide groups is 1. The molecule has 0 radical (unpaired) electrons. The molecule has 12 heavy (non-hydrogen) atoms. The number of hydrogen-bond acceptors (Lipinski definition) is 2. The monoisotopic (exact) mass is 183 g/mol. The third-order valence-corrected chi connectivity index (χ3v) is 1.58. The van der Waals surface area contributed by atoms with Crippen LogP contribution in [0.25, 0.3) is 10.4 Å². The SMILES string of the molecule is [N-]=[N+]=NCc1cc(Cl)ccc1O. The molecule has 0 saturated carbocycles. The van der Waals surface area contributed by atoms with Gasteiger partial charge in [-0.25, -0.2) is 0 Å².